The van der Waals surface area contributed by atoms with Crippen molar-refractivity contribution in [1.29, 1.82) is 0 Å². The van der Waals surface area contributed by atoms with Crippen LogP contribution in [0.4, 0.5) is 0 Å². The molecule has 0 saturated carbocycles. The van der Waals surface area contributed by atoms with Crippen LogP contribution in [0, 0.1) is 5.92 Å². The van der Waals surface area contributed by atoms with Crippen molar-refractivity contribution in [1.82, 2.24) is 0 Å². The number of hydrogen-bond donors (Lipinski definition) is 0. The first-order valence-corrected chi connectivity index (χ1v) is 13.9. The topological polar surface area (TPSA) is 83.4 Å². The molecule has 3 aromatic rings. The number of methoxy groups -OCH3 is 2. The number of carbonyl (C=O) groups is 2. The Morgan fingerprint density at radius 1 is 0.878 bits per heavy atom. The number of ether oxygens (including phenoxy) is 4. The van der Waals surface area contributed by atoms with E-state index in [9.17, 15) is 9.59 Å². The molecule has 1 aliphatic heterocycles. The fraction of sp³-hybridized carbons (Fsp3) is 0.324. The van der Waals surface area contributed by atoms with Crippen molar-refractivity contribution in [2.24, 2.45) is 10.9 Å². The number of rotatable bonds is 10. The minimum absolute atomic E-state index is 0.000541. The minimum Gasteiger partial charge on any atom is -0.493 e. The average molecular weight is 554 g/mol. The summed E-state index contributed by atoms with van der Waals surface area (Å²) >= 11 is 0. The van der Waals surface area contributed by atoms with Gasteiger partial charge in [0, 0.05) is 36.4 Å². The molecule has 7 heteroatoms. The number of ketones is 1. The van der Waals surface area contributed by atoms with Crippen LogP contribution in [0.15, 0.2) is 95.1 Å². The van der Waals surface area contributed by atoms with Crippen LogP contribution in [0.25, 0.3) is 0 Å². The monoisotopic (exact) mass is 553 g/mol. The summed E-state index contributed by atoms with van der Waals surface area (Å²) < 4.78 is 22.4. The summed E-state index contributed by atoms with van der Waals surface area (Å²) in [7, 11) is 3.14. The Morgan fingerprint density at radius 2 is 1.61 bits per heavy atom. The molecule has 0 saturated heterocycles. The highest BCUT2D eigenvalue weighted by Gasteiger charge is 2.45. The molecule has 0 amide bonds. The maximum atomic E-state index is 13.9. The summed E-state index contributed by atoms with van der Waals surface area (Å²) in [5.41, 5.74) is 4.86. The molecule has 0 aromatic heterocycles. The second-order valence-electron chi connectivity index (χ2n) is 10.4. The molecule has 0 radical (unpaired) electrons. The fourth-order valence-electron chi connectivity index (χ4n) is 5.73. The first-order chi connectivity index (χ1) is 20.0. The maximum absolute atomic E-state index is 13.9. The molecular weight excluding hydrogens is 518 g/mol. The second kappa shape index (κ2) is 13.0. The number of carbonyl (C=O) groups excluding carboxylic acids is 2. The molecule has 7 nitrogen and oxygen atoms in total. The first kappa shape index (κ1) is 28.3. The molecule has 212 valence electrons. The molecule has 0 N–H and O–H groups in total. The van der Waals surface area contributed by atoms with Crippen LogP contribution < -0.4 is 9.47 Å². The fourth-order valence-corrected chi connectivity index (χ4v) is 5.73. The maximum Gasteiger partial charge on any atom is 0.315 e. The van der Waals surface area contributed by atoms with Gasteiger partial charge in [0.2, 0.25) is 0 Å². The summed E-state index contributed by atoms with van der Waals surface area (Å²) in [6.07, 6.45) is 0.981. The zero-order valence-electron chi connectivity index (χ0n) is 23.7. The predicted octanol–water partition coefficient (Wildman–Crippen LogP) is 6.04. The number of allylic oxidation sites excluding steroid dienone is 2. The summed E-state index contributed by atoms with van der Waals surface area (Å²) in [6.45, 7) is 2.63. The Kier molecular flexibility index (Phi) is 8.95. The van der Waals surface area contributed by atoms with Gasteiger partial charge in [-0.2, -0.15) is 0 Å². The largest absolute Gasteiger partial charge is 0.493 e. The van der Waals surface area contributed by atoms with E-state index in [1.807, 2.05) is 73.7 Å². The van der Waals surface area contributed by atoms with E-state index in [1.54, 1.807) is 14.2 Å². The molecule has 5 rings (SSSR count). The van der Waals surface area contributed by atoms with E-state index in [1.165, 1.54) is 0 Å². The number of Topliss-reactive ketones (excluding diaryl/α,β-unsaturated/α-hetero) is 1. The van der Waals surface area contributed by atoms with E-state index in [2.05, 4.69) is 12.1 Å². The summed E-state index contributed by atoms with van der Waals surface area (Å²) in [5, 5.41) is 0. The van der Waals surface area contributed by atoms with Crippen molar-refractivity contribution in [2.75, 3.05) is 27.4 Å². The molecule has 41 heavy (non-hydrogen) atoms. The predicted molar refractivity (Wildman–Crippen MR) is 156 cm³/mol. The molecule has 3 aromatic carbocycles. The third kappa shape index (κ3) is 6.25. The number of aliphatic imine (C=N–C) groups is 1. The van der Waals surface area contributed by atoms with Crippen molar-refractivity contribution in [3.8, 4) is 11.5 Å². The van der Waals surface area contributed by atoms with Crippen molar-refractivity contribution in [3.05, 3.63) is 107 Å². The van der Waals surface area contributed by atoms with Crippen molar-refractivity contribution < 1.29 is 28.5 Å². The Hall–Kier alpha value is -4.23. The van der Waals surface area contributed by atoms with Crippen LogP contribution in [0.1, 0.15) is 48.3 Å². The van der Waals surface area contributed by atoms with E-state index in [0.717, 1.165) is 22.4 Å². The normalized spacial score (nSPS) is 20.2. The van der Waals surface area contributed by atoms with E-state index in [0.29, 0.717) is 42.2 Å². The summed E-state index contributed by atoms with van der Waals surface area (Å²) in [4.78, 5) is 32.2. The summed E-state index contributed by atoms with van der Waals surface area (Å²) in [5.74, 6) is -0.595. The van der Waals surface area contributed by atoms with Gasteiger partial charge in [0.15, 0.2) is 17.3 Å². The van der Waals surface area contributed by atoms with E-state index in [4.69, 9.17) is 23.9 Å². The third-order valence-corrected chi connectivity index (χ3v) is 7.73. The van der Waals surface area contributed by atoms with Gasteiger partial charge in [-0.1, -0.05) is 66.7 Å². The highest BCUT2D eigenvalue weighted by Crippen LogP contribution is 2.48. The number of esters is 1. The van der Waals surface area contributed by atoms with Gasteiger partial charge in [-0.15, -0.1) is 0 Å². The van der Waals surface area contributed by atoms with Crippen molar-refractivity contribution in [2.45, 2.75) is 38.2 Å². The van der Waals surface area contributed by atoms with Gasteiger partial charge in [0.25, 0.3) is 0 Å². The lowest BCUT2D eigenvalue weighted by Crippen LogP contribution is -2.38. The van der Waals surface area contributed by atoms with Crippen LogP contribution in [-0.2, 0) is 25.7 Å². The molecule has 1 aliphatic carbocycles. The average Bonchev–Trinajstić information content (AvgIpc) is 3.00. The lowest BCUT2D eigenvalue weighted by Gasteiger charge is -2.36. The van der Waals surface area contributed by atoms with E-state index >= 15 is 0 Å². The van der Waals surface area contributed by atoms with E-state index in [-0.39, 0.29) is 24.9 Å². The Balaban J connectivity index is 1.51. The summed E-state index contributed by atoms with van der Waals surface area (Å²) in [6, 6.07) is 25.5. The molecule has 0 spiro atoms. The smallest absolute Gasteiger partial charge is 0.315 e. The van der Waals surface area contributed by atoms with Gasteiger partial charge >= 0.3 is 5.97 Å². The Labute approximate surface area is 240 Å². The van der Waals surface area contributed by atoms with Crippen LogP contribution in [-0.4, -0.2) is 44.9 Å². The molecule has 1 heterocycles. The minimum atomic E-state index is -0.747. The van der Waals surface area contributed by atoms with Gasteiger partial charge in [-0.05, 0) is 48.1 Å². The zero-order chi connectivity index (χ0) is 28.8. The lowest BCUT2D eigenvalue weighted by atomic mass is 9.69. The SMILES string of the molecule is COCCOC(=O)C1C(C)=NC2=C(C(=O)C[C@H](c3ccccc3)C2)[C@@H]1c1ccc(OCc2ccccc2)c(OC)c1. The van der Waals surface area contributed by atoms with Gasteiger partial charge in [-0.25, -0.2) is 0 Å². The zero-order valence-corrected chi connectivity index (χ0v) is 23.7. The second-order valence-corrected chi connectivity index (χ2v) is 10.4. The molecular formula is C34H35NO6. The highest BCUT2D eigenvalue weighted by molar-refractivity contribution is 6.09. The van der Waals surface area contributed by atoms with E-state index < -0.39 is 17.8 Å². The van der Waals surface area contributed by atoms with Gasteiger partial charge in [0.05, 0.1) is 13.7 Å². The number of benzene rings is 3. The van der Waals surface area contributed by atoms with Crippen molar-refractivity contribution >= 4 is 17.5 Å². The molecule has 0 bridgehead atoms. The number of nitrogens with zero attached hydrogens (tertiary/aromatic N) is 1. The van der Waals surface area contributed by atoms with Crippen LogP contribution in [0.5, 0.6) is 11.5 Å². The van der Waals surface area contributed by atoms with Crippen LogP contribution in [0.3, 0.4) is 0 Å². The quantitative estimate of drug-likeness (QED) is 0.225. The third-order valence-electron chi connectivity index (χ3n) is 7.73. The van der Waals surface area contributed by atoms with Gasteiger partial charge in [-0.3, -0.25) is 14.6 Å². The van der Waals surface area contributed by atoms with Crippen LogP contribution >= 0.6 is 0 Å². The number of hydrogen-bond acceptors (Lipinski definition) is 7. The van der Waals surface area contributed by atoms with Crippen LogP contribution in [0.2, 0.25) is 0 Å². The first-order valence-electron chi connectivity index (χ1n) is 13.9. The van der Waals surface area contributed by atoms with Gasteiger partial charge < -0.3 is 18.9 Å². The standard InChI is InChI=1S/C34H35NO6/c1-22-31(34(37)40-17-16-38-2)32(33-27(35-22)18-26(19-28(33)36)24-12-8-5-9-13-24)25-14-15-29(30(20-25)39-3)41-21-23-10-6-4-7-11-23/h4-15,20,26,31-32H,16-19,21H2,1-3H3/t26-,31?,32-/m1/s1. The Morgan fingerprint density at radius 3 is 2.32 bits per heavy atom. The molecule has 1 unspecified atom stereocenters. The molecule has 0 fully saturated rings. The van der Waals surface area contributed by atoms with Gasteiger partial charge in [0.1, 0.15) is 19.1 Å². The Bertz CT molecular complexity index is 1450. The highest BCUT2D eigenvalue weighted by atomic mass is 16.6. The van der Waals surface area contributed by atoms with Crippen molar-refractivity contribution in [3.63, 3.8) is 0 Å². The molecule has 3 atom stereocenters. The molecule has 2 aliphatic rings. The lowest BCUT2D eigenvalue weighted by molar-refractivity contribution is -0.147.